The van der Waals surface area contributed by atoms with Gasteiger partial charge in [0.2, 0.25) is 10.0 Å². The molecule has 0 unspecified atom stereocenters. The van der Waals surface area contributed by atoms with Crippen molar-refractivity contribution >= 4 is 10.0 Å². The van der Waals surface area contributed by atoms with Crippen LogP contribution in [-0.2, 0) is 16.6 Å². The fourth-order valence-corrected chi connectivity index (χ4v) is 3.79. The summed E-state index contributed by atoms with van der Waals surface area (Å²) in [6, 6.07) is 9.81. The fraction of sp³-hybridized carbons (Fsp3) is 0.235. The van der Waals surface area contributed by atoms with Crippen molar-refractivity contribution in [2.24, 2.45) is 0 Å². The molecular formula is C17H19N5O3S. The molecule has 2 heterocycles. The number of aromatic nitrogens is 4. The van der Waals surface area contributed by atoms with Crippen LogP contribution in [0.15, 0.2) is 58.5 Å². The summed E-state index contributed by atoms with van der Waals surface area (Å²) < 4.78 is 30.1. The van der Waals surface area contributed by atoms with Gasteiger partial charge in [0, 0.05) is 25.0 Å². The largest absolute Gasteiger partial charge is 0.268 e. The molecule has 0 aliphatic rings. The molecule has 1 N–H and O–H groups in total. The van der Waals surface area contributed by atoms with E-state index in [4.69, 9.17) is 0 Å². The van der Waals surface area contributed by atoms with Crippen molar-refractivity contribution in [1.82, 2.24) is 24.3 Å². The molecule has 0 radical (unpaired) electrons. The molecule has 0 saturated heterocycles. The Kier molecular flexibility index (Phi) is 5.01. The number of hydrogen-bond acceptors (Lipinski definition) is 5. The van der Waals surface area contributed by atoms with E-state index >= 15 is 0 Å². The van der Waals surface area contributed by atoms with Gasteiger partial charge in [0.15, 0.2) is 5.82 Å². The maximum Gasteiger partial charge on any atom is 0.266 e. The Morgan fingerprint density at radius 1 is 1.12 bits per heavy atom. The van der Waals surface area contributed by atoms with Crippen molar-refractivity contribution in [2.75, 3.05) is 6.54 Å². The zero-order valence-electron chi connectivity index (χ0n) is 14.5. The summed E-state index contributed by atoms with van der Waals surface area (Å²) in [6.07, 6.45) is 3.31. The van der Waals surface area contributed by atoms with Gasteiger partial charge in [-0.05, 0) is 49.2 Å². The lowest BCUT2D eigenvalue weighted by Gasteiger charge is -2.10. The van der Waals surface area contributed by atoms with E-state index in [-0.39, 0.29) is 23.5 Å². The van der Waals surface area contributed by atoms with E-state index in [9.17, 15) is 13.2 Å². The lowest BCUT2D eigenvalue weighted by molar-refractivity contribution is 0.542. The highest BCUT2D eigenvalue weighted by atomic mass is 32.2. The molecule has 2 aromatic heterocycles. The van der Waals surface area contributed by atoms with Gasteiger partial charge in [0.25, 0.3) is 5.56 Å². The van der Waals surface area contributed by atoms with Crippen LogP contribution in [0.5, 0.6) is 0 Å². The summed E-state index contributed by atoms with van der Waals surface area (Å²) in [5.74, 6) is 0.478. The minimum atomic E-state index is -3.65. The van der Waals surface area contributed by atoms with Gasteiger partial charge in [-0.2, -0.15) is 5.10 Å². The minimum Gasteiger partial charge on any atom is -0.268 e. The first-order chi connectivity index (χ1) is 12.3. The molecule has 0 aliphatic carbocycles. The van der Waals surface area contributed by atoms with Crippen LogP contribution in [0.2, 0.25) is 0 Å². The Balaban J connectivity index is 1.73. The molecule has 0 saturated carbocycles. The third-order valence-electron chi connectivity index (χ3n) is 3.71. The number of benzene rings is 1. The second-order valence-corrected chi connectivity index (χ2v) is 7.69. The number of hydrogen-bond donors (Lipinski definition) is 1. The van der Waals surface area contributed by atoms with Crippen LogP contribution < -0.4 is 10.3 Å². The van der Waals surface area contributed by atoms with Gasteiger partial charge in [-0.25, -0.2) is 22.5 Å². The van der Waals surface area contributed by atoms with Crippen molar-refractivity contribution in [3.8, 4) is 5.82 Å². The normalized spacial score (nSPS) is 11.6. The molecule has 1 aromatic carbocycles. The molecule has 26 heavy (non-hydrogen) atoms. The van der Waals surface area contributed by atoms with Crippen LogP contribution in [0.4, 0.5) is 0 Å². The highest BCUT2D eigenvalue weighted by Gasteiger charge is 2.14. The molecule has 0 bridgehead atoms. The molecule has 3 rings (SSSR count). The molecule has 9 heteroatoms. The van der Waals surface area contributed by atoms with E-state index < -0.39 is 10.0 Å². The molecule has 0 atom stereocenters. The van der Waals surface area contributed by atoms with E-state index in [2.05, 4.69) is 14.9 Å². The number of aryl methyl sites for hydroxylation is 2. The first-order valence-electron chi connectivity index (χ1n) is 8.01. The summed E-state index contributed by atoms with van der Waals surface area (Å²) in [6.45, 7) is 3.84. The number of sulfonamides is 1. The number of rotatable bonds is 6. The highest BCUT2D eigenvalue weighted by Crippen LogP contribution is 2.14. The Bertz CT molecular complexity index is 1050. The van der Waals surface area contributed by atoms with Crippen LogP contribution in [0.3, 0.4) is 0 Å². The standard InChI is InChI=1S/C17H19N5O3S/c1-13-10-14(2)12-15(11-13)26(24,25)19-7-9-22-17(23)5-4-16(20-22)21-8-3-6-18-21/h3-6,8,10-12,19H,7,9H2,1-2H3. The summed E-state index contributed by atoms with van der Waals surface area (Å²) in [5, 5.41) is 8.27. The SMILES string of the molecule is Cc1cc(C)cc(S(=O)(=O)NCCn2nc(-n3cccn3)ccc2=O)c1. The molecule has 0 aliphatic heterocycles. The van der Waals surface area contributed by atoms with Crippen molar-refractivity contribution < 1.29 is 8.42 Å². The molecule has 0 spiro atoms. The van der Waals surface area contributed by atoms with E-state index in [1.165, 1.54) is 15.4 Å². The van der Waals surface area contributed by atoms with Gasteiger partial charge in [0.05, 0.1) is 11.4 Å². The maximum atomic E-state index is 12.4. The van der Waals surface area contributed by atoms with Crippen LogP contribution >= 0.6 is 0 Å². The molecule has 8 nitrogen and oxygen atoms in total. The van der Waals surface area contributed by atoms with Gasteiger partial charge in [-0.3, -0.25) is 4.79 Å². The lowest BCUT2D eigenvalue weighted by atomic mass is 10.2. The fourth-order valence-electron chi connectivity index (χ4n) is 2.58. The van der Waals surface area contributed by atoms with Gasteiger partial charge >= 0.3 is 0 Å². The van der Waals surface area contributed by atoms with Gasteiger partial charge in [-0.15, -0.1) is 5.10 Å². The quantitative estimate of drug-likeness (QED) is 0.696. The smallest absolute Gasteiger partial charge is 0.266 e. The first-order valence-corrected chi connectivity index (χ1v) is 9.50. The van der Waals surface area contributed by atoms with E-state index in [1.807, 2.05) is 19.9 Å². The first kappa shape index (κ1) is 18.0. The maximum absolute atomic E-state index is 12.4. The van der Waals surface area contributed by atoms with Crippen LogP contribution in [0, 0.1) is 13.8 Å². The van der Waals surface area contributed by atoms with E-state index in [0.29, 0.717) is 5.82 Å². The van der Waals surface area contributed by atoms with Gasteiger partial charge < -0.3 is 0 Å². The zero-order valence-corrected chi connectivity index (χ0v) is 15.3. The summed E-state index contributed by atoms with van der Waals surface area (Å²) in [4.78, 5) is 12.2. The topological polar surface area (TPSA) is 98.9 Å². The average Bonchev–Trinajstić information content (AvgIpc) is 3.10. The zero-order chi connectivity index (χ0) is 18.7. The van der Waals surface area contributed by atoms with E-state index in [1.54, 1.807) is 36.7 Å². The number of nitrogens with zero attached hydrogens (tertiary/aromatic N) is 4. The second kappa shape index (κ2) is 7.22. The third-order valence-corrected chi connectivity index (χ3v) is 5.15. The molecular weight excluding hydrogens is 354 g/mol. The van der Waals surface area contributed by atoms with Crippen LogP contribution in [-0.4, -0.2) is 34.5 Å². The second-order valence-electron chi connectivity index (χ2n) is 5.92. The van der Waals surface area contributed by atoms with E-state index in [0.717, 1.165) is 11.1 Å². The Morgan fingerprint density at radius 2 is 1.85 bits per heavy atom. The average molecular weight is 373 g/mol. The highest BCUT2D eigenvalue weighted by molar-refractivity contribution is 7.89. The molecule has 3 aromatic rings. The lowest BCUT2D eigenvalue weighted by Crippen LogP contribution is -2.32. The Labute approximate surface area is 151 Å². The van der Waals surface area contributed by atoms with Crippen LogP contribution in [0.1, 0.15) is 11.1 Å². The van der Waals surface area contributed by atoms with Crippen molar-refractivity contribution in [3.63, 3.8) is 0 Å². The molecule has 0 fully saturated rings. The predicted molar refractivity (Wildman–Crippen MR) is 96.7 cm³/mol. The Hall–Kier alpha value is -2.78. The number of nitrogens with one attached hydrogen (secondary N) is 1. The summed E-state index contributed by atoms with van der Waals surface area (Å²) in [5.41, 5.74) is 1.43. The molecule has 136 valence electrons. The van der Waals surface area contributed by atoms with Crippen LogP contribution in [0.25, 0.3) is 5.82 Å². The summed E-state index contributed by atoms with van der Waals surface area (Å²) >= 11 is 0. The molecule has 0 amide bonds. The van der Waals surface area contributed by atoms with Gasteiger partial charge in [0.1, 0.15) is 0 Å². The van der Waals surface area contributed by atoms with Crippen molar-refractivity contribution in [2.45, 2.75) is 25.3 Å². The monoisotopic (exact) mass is 373 g/mol. The minimum absolute atomic E-state index is 0.0464. The predicted octanol–water partition coefficient (Wildman–Crippen LogP) is 1.02. The van der Waals surface area contributed by atoms with Gasteiger partial charge in [-0.1, -0.05) is 6.07 Å². The van der Waals surface area contributed by atoms with Crippen molar-refractivity contribution in [3.05, 3.63) is 70.3 Å². The summed E-state index contributed by atoms with van der Waals surface area (Å²) in [7, 11) is -3.65. The third kappa shape index (κ3) is 4.06. The Morgan fingerprint density at radius 3 is 2.50 bits per heavy atom. The van der Waals surface area contributed by atoms with Crippen molar-refractivity contribution in [1.29, 1.82) is 0 Å².